The lowest BCUT2D eigenvalue weighted by Gasteiger charge is -2.07. The zero-order valence-electron chi connectivity index (χ0n) is 11.2. The molecule has 5 nitrogen and oxygen atoms in total. The molecule has 5 heteroatoms. The first-order valence-electron chi connectivity index (χ1n) is 6.29. The summed E-state index contributed by atoms with van der Waals surface area (Å²) in [6.07, 6.45) is 0. The summed E-state index contributed by atoms with van der Waals surface area (Å²) in [6, 6.07) is 14.2. The molecule has 0 spiro atoms. The van der Waals surface area contributed by atoms with Crippen molar-refractivity contribution in [1.29, 1.82) is 0 Å². The van der Waals surface area contributed by atoms with Gasteiger partial charge in [0.25, 0.3) is 5.69 Å². The number of rotatable bonds is 6. The van der Waals surface area contributed by atoms with Gasteiger partial charge in [-0.15, -0.1) is 0 Å². The minimum absolute atomic E-state index is 0.0827. The van der Waals surface area contributed by atoms with Crippen LogP contribution in [-0.4, -0.2) is 12.0 Å². The molecule has 0 amide bonds. The third-order valence-electron chi connectivity index (χ3n) is 2.89. The van der Waals surface area contributed by atoms with Crippen LogP contribution in [-0.2, 0) is 13.2 Å². The average molecular weight is 272 g/mol. The lowest BCUT2D eigenvalue weighted by molar-refractivity contribution is -0.385. The molecule has 0 saturated carbocycles. The number of ether oxygens (including phenoxy) is 1. The molecule has 0 heterocycles. The predicted octanol–water partition coefficient (Wildman–Crippen LogP) is 2.89. The number of hydrogen-bond donors (Lipinski definition) is 1. The second kappa shape index (κ2) is 6.68. The lowest BCUT2D eigenvalue weighted by atomic mass is 10.2. The van der Waals surface area contributed by atoms with Gasteiger partial charge in [0.05, 0.1) is 10.5 Å². The summed E-state index contributed by atoms with van der Waals surface area (Å²) in [4.78, 5) is 10.5. The average Bonchev–Trinajstić information content (AvgIpc) is 2.47. The molecule has 0 saturated heterocycles. The van der Waals surface area contributed by atoms with E-state index < -0.39 is 4.92 Å². The van der Waals surface area contributed by atoms with E-state index in [1.165, 1.54) is 6.07 Å². The highest BCUT2D eigenvalue weighted by molar-refractivity contribution is 5.39. The molecule has 104 valence electrons. The highest BCUT2D eigenvalue weighted by Gasteiger charge is 2.12. The van der Waals surface area contributed by atoms with Gasteiger partial charge in [0.1, 0.15) is 12.4 Å². The van der Waals surface area contributed by atoms with Crippen molar-refractivity contribution < 1.29 is 9.66 Å². The second-order valence-electron chi connectivity index (χ2n) is 4.35. The molecule has 0 aliphatic carbocycles. The number of nitro groups is 1. The van der Waals surface area contributed by atoms with Crippen molar-refractivity contribution in [2.45, 2.75) is 13.2 Å². The second-order valence-corrected chi connectivity index (χ2v) is 4.35. The van der Waals surface area contributed by atoms with Crippen molar-refractivity contribution >= 4 is 5.69 Å². The topological polar surface area (TPSA) is 64.4 Å². The fourth-order valence-corrected chi connectivity index (χ4v) is 1.88. The fourth-order valence-electron chi connectivity index (χ4n) is 1.88. The van der Waals surface area contributed by atoms with Crippen LogP contribution in [0.5, 0.6) is 5.75 Å². The van der Waals surface area contributed by atoms with Crippen LogP contribution in [0, 0.1) is 10.1 Å². The highest BCUT2D eigenvalue weighted by Crippen LogP contribution is 2.20. The smallest absolute Gasteiger partial charge is 0.276 e. The first-order chi connectivity index (χ1) is 9.70. The molecule has 1 N–H and O–H groups in total. The van der Waals surface area contributed by atoms with Gasteiger partial charge in [-0.25, -0.2) is 0 Å². The van der Waals surface area contributed by atoms with Gasteiger partial charge in [0.15, 0.2) is 0 Å². The van der Waals surface area contributed by atoms with Gasteiger partial charge >= 0.3 is 0 Å². The van der Waals surface area contributed by atoms with Gasteiger partial charge in [-0.05, 0) is 30.8 Å². The Morgan fingerprint density at radius 2 is 1.85 bits per heavy atom. The van der Waals surface area contributed by atoms with E-state index in [0.29, 0.717) is 11.3 Å². The first-order valence-corrected chi connectivity index (χ1v) is 6.29. The zero-order chi connectivity index (χ0) is 14.4. The van der Waals surface area contributed by atoms with Crippen LogP contribution in [0.4, 0.5) is 5.69 Å². The lowest BCUT2D eigenvalue weighted by Crippen LogP contribution is -2.04. The standard InChI is InChI=1S/C15H16N2O3/c1-16-10-12-6-8-14(9-7-12)20-11-13-4-2-3-5-15(13)17(18)19/h2-9,16H,10-11H2,1H3. The van der Waals surface area contributed by atoms with E-state index in [1.54, 1.807) is 18.2 Å². The van der Waals surface area contributed by atoms with Crippen LogP contribution < -0.4 is 10.1 Å². The van der Waals surface area contributed by atoms with Gasteiger partial charge in [-0.3, -0.25) is 10.1 Å². The van der Waals surface area contributed by atoms with E-state index in [2.05, 4.69) is 5.32 Å². The van der Waals surface area contributed by atoms with Crippen molar-refractivity contribution in [1.82, 2.24) is 5.32 Å². The van der Waals surface area contributed by atoms with Crippen molar-refractivity contribution in [2.75, 3.05) is 7.05 Å². The molecule has 0 aromatic heterocycles. The molecule has 0 unspecified atom stereocenters. The molecule has 0 bridgehead atoms. The Bertz CT molecular complexity index is 582. The predicted molar refractivity (Wildman–Crippen MR) is 76.6 cm³/mol. The summed E-state index contributed by atoms with van der Waals surface area (Å²) < 4.78 is 5.59. The maximum Gasteiger partial charge on any atom is 0.276 e. The Kier molecular flexibility index (Phi) is 4.68. The van der Waals surface area contributed by atoms with E-state index in [4.69, 9.17) is 4.74 Å². The van der Waals surface area contributed by atoms with Crippen molar-refractivity contribution in [3.63, 3.8) is 0 Å². The van der Waals surface area contributed by atoms with E-state index in [0.717, 1.165) is 12.1 Å². The Labute approximate surface area is 117 Å². The van der Waals surface area contributed by atoms with Gasteiger partial charge in [-0.2, -0.15) is 0 Å². The summed E-state index contributed by atoms with van der Waals surface area (Å²) in [7, 11) is 1.89. The molecule has 0 radical (unpaired) electrons. The molecule has 20 heavy (non-hydrogen) atoms. The van der Waals surface area contributed by atoms with Crippen LogP contribution in [0.25, 0.3) is 0 Å². The third-order valence-corrected chi connectivity index (χ3v) is 2.89. The molecule has 2 aromatic carbocycles. The fraction of sp³-hybridized carbons (Fsp3) is 0.200. The minimum atomic E-state index is -0.394. The van der Waals surface area contributed by atoms with Crippen molar-refractivity contribution in [3.05, 3.63) is 69.8 Å². The van der Waals surface area contributed by atoms with E-state index in [1.807, 2.05) is 31.3 Å². The van der Waals surface area contributed by atoms with Crippen LogP contribution in [0.2, 0.25) is 0 Å². The Morgan fingerprint density at radius 3 is 2.50 bits per heavy atom. The maximum atomic E-state index is 10.9. The number of nitrogens with one attached hydrogen (secondary N) is 1. The van der Waals surface area contributed by atoms with Gasteiger partial charge in [-0.1, -0.05) is 24.3 Å². The summed E-state index contributed by atoms with van der Waals surface area (Å²) in [5, 5.41) is 14.0. The van der Waals surface area contributed by atoms with Gasteiger partial charge < -0.3 is 10.1 Å². The molecule has 0 aliphatic rings. The number of benzene rings is 2. The van der Waals surface area contributed by atoms with E-state index in [-0.39, 0.29) is 12.3 Å². The summed E-state index contributed by atoms with van der Waals surface area (Å²) in [5.41, 5.74) is 1.81. The Balaban J connectivity index is 2.03. The SMILES string of the molecule is CNCc1ccc(OCc2ccccc2[N+](=O)[O-])cc1. The molecule has 0 fully saturated rings. The van der Waals surface area contributed by atoms with Crippen molar-refractivity contribution in [2.24, 2.45) is 0 Å². The summed E-state index contributed by atoms with van der Waals surface area (Å²) >= 11 is 0. The zero-order valence-corrected chi connectivity index (χ0v) is 11.2. The first kappa shape index (κ1) is 14.0. The normalized spacial score (nSPS) is 10.2. The summed E-state index contributed by atoms with van der Waals surface area (Å²) in [5.74, 6) is 0.697. The molecule has 0 atom stereocenters. The highest BCUT2D eigenvalue weighted by atomic mass is 16.6. The summed E-state index contributed by atoms with van der Waals surface area (Å²) in [6.45, 7) is 0.979. The van der Waals surface area contributed by atoms with Crippen LogP contribution >= 0.6 is 0 Å². The largest absolute Gasteiger partial charge is 0.489 e. The van der Waals surface area contributed by atoms with E-state index >= 15 is 0 Å². The molecule has 2 rings (SSSR count). The van der Waals surface area contributed by atoms with Crippen LogP contribution in [0.3, 0.4) is 0 Å². The number of nitrogens with zero attached hydrogens (tertiary/aromatic N) is 1. The molecule has 2 aromatic rings. The number of para-hydroxylation sites is 1. The third kappa shape index (κ3) is 3.55. The maximum absolute atomic E-state index is 10.9. The Morgan fingerprint density at radius 1 is 1.15 bits per heavy atom. The minimum Gasteiger partial charge on any atom is -0.489 e. The quantitative estimate of drug-likeness (QED) is 0.648. The van der Waals surface area contributed by atoms with Gasteiger partial charge in [0, 0.05) is 12.6 Å². The molecular weight excluding hydrogens is 256 g/mol. The number of hydrogen-bond acceptors (Lipinski definition) is 4. The van der Waals surface area contributed by atoms with Crippen molar-refractivity contribution in [3.8, 4) is 5.75 Å². The molecule has 0 aliphatic heterocycles. The number of nitro benzene ring substituents is 1. The monoisotopic (exact) mass is 272 g/mol. The van der Waals surface area contributed by atoms with Crippen LogP contribution in [0.1, 0.15) is 11.1 Å². The van der Waals surface area contributed by atoms with Crippen LogP contribution in [0.15, 0.2) is 48.5 Å². The van der Waals surface area contributed by atoms with E-state index in [9.17, 15) is 10.1 Å². The molecular formula is C15H16N2O3. The van der Waals surface area contributed by atoms with Gasteiger partial charge in [0.2, 0.25) is 0 Å². The Hall–Kier alpha value is -2.40.